The number of benzene rings is 2. The van der Waals surface area contributed by atoms with E-state index in [4.69, 9.17) is 4.74 Å². The summed E-state index contributed by atoms with van der Waals surface area (Å²) in [5.41, 5.74) is 2.32. The fourth-order valence-corrected chi connectivity index (χ4v) is 1.82. The Labute approximate surface area is 121 Å². The van der Waals surface area contributed by atoms with E-state index in [2.05, 4.69) is 36.5 Å². The van der Waals surface area contributed by atoms with Crippen LogP contribution in [0.25, 0.3) is 6.08 Å². The molecule has 0 aliphatic carbocycles. The van der Waals surface area contributed by atoms with Gasteiger partial charge in [0.2, 0.25) is 0 Å². The number of rotatable bonds is 7. The molecule has 0 atom stereocenters. The van der Waals surface area contributed by atoms with Crippen LogP contribution in [0.1, 0.15) is 18.9 Å². The van der Waals surface area contributed by atoms with Crippen molar-refractivity contribution < 1.29 is 4.74 Å². The predicted molar refractivity (Wildman–Crippen MR) is 86.2 cm³/mol. The highest BCUT2D eigenvalue weighted by atomic mass is 16.5. The first-order valence-electron chi connectivity index (χ1n) is 7.07. The summed E-state index contributed by atoms with van der Waals surface area (Å²) in [6, 6.07) is 18.4. The third kappa shape index (κ3) is 4.81. The third-order valence-corrected chi connectivity index (χ3v) is 2.86. The highest BCUT2D eigenvalue weighted by Crippen LogP contribution is 2.15. The molecule has 0 fully saturated rings. The van der Waals surface area contributed by atoms with Gasteiger partial charge >= 0.3 is 0 Å². The lowest BCUT2D eigenvalue weighted by Gasteiger charge is -2.06. The molecule has 2 nitrogen and oxygen atoms in total. The Hall–Kier alpha value is -2.22. The van der Waals surface area contributed by atoms with Crippen molar-refractivity contribution >= 4 is 11.8 Å². The standard InChI is InChI=1S/C18H21NO/c1-2-15-20-18-12-10-17(11-13-18)19-14-6-9-16-7-4-3-5-8-16/h3-13,19H,2,14-15H2,1H3. The van der Waals surface area contributed by atoms with Crippen LogP contribution in [0.5, 0.6) is 5.75 Å². The van der Waals surface area contributed by atoms with E-state index in [0.717, 1.165) is 31.0 Å². The van der Waals surface area contributed by atoms with Crippen molar-refractivity contribution in [3.05, 3.63) is 66.2 Å². The van der Waals surface area contributed by atoms with Crippen LogP contribution in [0.15, 0.2) is 60.7 Å². The summed E-state index contributed by atoms with van der Waals surface area (Å²) in [5.74, 6) is 0.928. The minimum atomic E-state index is 0.770. The highest BCUT2D eigenvalue weighted by molar-refractivity contribution is 5.51. The second-order valence-corrected chi connectivity index (χ2v) is 4.57. The second kappa shape index (κ2) is 8.05. The molecule has 0 aromatic heterocycles. The summed E-state index contributed by atoms with van der Waals surface area (Å²) < 4.78 is 5.55. The summed E-state index contributed by atoms with van der Waals surface area (Å²) in [6.07, 6.45) is 5.27. The van der Waals surface area contributed by atoms with E-state index in [1.807, 2.05) is 42.5 Å². The first kappa shape index (κ1) is 14.2. The SMILES string of the molecule is CCCOc1ccc(NCC=Cc2ccccc2)cc1. The van der Waals surface area contributed by atoms with Gasteiger partial charge in [0.05, 0.1) is 6.61 Å². The first-order valence-corrected chi connectivity index (χ1v) is 7.07. The molecule has 0 aliphatic rings. The van der Waals surface area contributed by atoms with Crippen molar-refractivity contribution in [3.63, 3.8) is 0 Å². The average molecular weight is 267 g/mol. The summed E-state index contributed by atoms with van der Waals surface area (Å²) in [4.78, 5) is 0. The van der Waals surface area contributed by atoms with Crippen molar-refractivity contribution in [2.75, 3.05) is 18.5 Å². The van der Waals surface area contributed by atoms with Crippen LogP contribution in [0.4, 0.5) is 5.69 Å². The molecule has 0 spiro atoms. The van der Waals surface area contributed by atoms with Gasteiger partial charge in [-0.2, -0.15) is 0 Å². The fraction of sp³-hybridized carbons (Fsp3) is 0.222. The van der Waals surface area contributed by atoms with E-state index in [1.54, 1.807) is 0 Å². The Morgan fingerprint density at radius 2 is 1.75 bits per heavy atom. The fourth-order valence-electron chi connectivity index (χ4n) is 1.82. The topological polar surface area (TPSA) is 21.3 Å². The van der Waals surface area contributed by atoms with Crippen LogP contribution >= 0.6 is 0 Å². The zero-order chi connectivity index (χ0) is 14.0. The maximum atomic E-state index is 5.55. The van der Waals surface area contributed by atoms with Gasteiger partial charge in [0.25, 0.3) is 0 Å². The van der Waals surface area contributed by atoms with Gasteiger partial charge < -0.3 is 10.1 Å². The molecule has 2 rings (SSSR count). The molecule has 2 heteroatoms. The van der Waals surface area contributed by atoms with Crippen LogP contribution in [0.3, 0.4) is 0 Å². The van der Waals surface area contributed by atoms with Gasteiger partial charge in [-0.15, -0.1) is 0 Å². The Morgan fingerprint density at radius 1 is 1.00 bits per heavy atom. The molecular weight excluding hydrogens is 246 g/mol. The molecule has 0 radical (unpaired) electrons. The maximum Gasteiger partial charge on any atom is 0.119 e. The molecular formula is C18H21NO. The average Bonchev–Trinajstić information content (AvgIpc) is 2.52. The molecule has 0 amide bonds. The van der Waals surface area contributed by atoms with Crippen LogP contribution in [-0.2, 0) is 0 Å². The quantitative estimate of drug-likeness (QED) is 0.791. The van der Waals surface area contributed by atoms with E-state index in [0.29, 0.717) is 0 Å². The van der Waals surface area contributed by atoms with Crippen LogP contribution < -0.4 is 10.1 Å². The predicted octanol–water partition coefficient (Wildman–Crippen LogP) is 4.60. The lowest BCUT2D eigenvalue weighted by molar-refractivity contribution is 0.317. The zero-order valence-corrected chi connectivity index (χ0v) is 11.9. The monoisotopic (exact) mass is 267 g/mol. The third-order valence-electron chi connectivity index (χ3n) is 2.86. The van der Waals surface area contributed by atoms with Gasteiger partial charge in [-0.25, -0.2) is 0 Å². The molecule has 0 aliphatic heterocycles. The Balaban J connectivity index is 1.78. The van der Waals surface area contributed by atoms with Crippen LogP contribution in [-0.4, -0.2) is 13.2 Å². The molecule has 0 saturated heterocycles. The van der Waals surface area contributed by atoms with E-state index >= 15 is 0 Å². The van der Waals surface area contributed by atoms with E-state index in [1.165, 1.54) is 5.56 Å². The molecule has 2 aromatic rings. The van der Waals surface area contributed by atoms with Gasteiger partial charge in [0, 0.05) is 12.2 Å². The summed E-state index contributed by atoms with van der Waals surface area (Å²) in [5, 5.41) is 3.36. The number of hydrogen-bond acceptors (Lipinski definition) is 2. The Kier molecular flexibility index (Phi) is 5.71. The normalized spacial score (nSPS) is 10.7. The van der Waals surface area contributed by atoms with E-state index in [9.17, 15) is 0 Å². The van der Waals surface area contributed by atoms with Gasteiger partial charge in [-0.05, 0) is 36.2 Å². The summed E-state index contributed by atoms with van der Waals surface area (Å²) in [7, 11) is 0. The minimum Gasteiger partial charge on any atom is -0.494 e. The number of nitrogens with one attached hydrogen (secondary N) is 1. The van der Waals surface area contributed by atoms with Crippen LogP contribution in [0.2, 0.25) is 0 Å². The molecule has 1 N–H and O–H groups in total. The lowest BCUT2D eigenvalue weighted by atomic mass is 10.2. The van der Waals surface area contributed by atoms with Gasteiger partial charge in [-0.3, -0.25) is 0 Å². The first-order chi connectivity index (χ1) is 9.88. The maximum absolute atomic E-state index is 5.55. The molecule has 0 bridgehead atoms. The summed E-state index contributed by atoms with van der Waals surface area (Å²) in [6.45, 7) is 3.69. The molecule has 20 heavy (non-hydrogen) atoms. The van der Waals surface area contributed by atoms with Gasteiger partial charge in [0.1, 0.15) is 5.75 Å². The number of anilines is 1. The molecule has 2 aromatic carbocycles. The van der Waals surface area contributed by atoms with Crippen molar-refractivity contribution in [1.82, 2.24) is 0 Å². The largest absolute Gasteiger partial charge is 0.494 e. The smallest absolute Gasteiger partial charge is 0.119 e. The second-order valence-electron chi connectivity index (χ2n) is 4.57. The van der Waals surface area contributed by atoms with E-state index in [-0.39, 0.29) is 0 Å². The molecule has 104 valence electrons. The van der Waals surface area contributed by atoms with Gasteiger partial charge in [-0.1, -0.05) is 49.4 Å². The van der Waals surface area contributed by atoms with Crippen LogP contribution in [0, 0.1) is 0 Å². The Bertz CT molecular complexity index is 517. The number of ether oxygens (including phenoxy) is 1. The molecule has 0 unspecified atom stereocenters. The number of hydrogen-bond donors (Lipinski definition) is 1. The van der Waals surface area contributed by atoms with Crippen molar-refractivity contribution in [1.29, 1.82) is 0 Å². The zero-order valence-electron chi connectivity index (χ0n) is 11.9. The molecule has 0 saturated carbocycles. The van der Waals surface area contributed by atoms with Crippen molar-refractivity contribution in [2.45, 2.75) is 13.3 Å². The van der Waals surface area contributed by atoms with Crippen molar-refractivity contribution in [3.8, 4) is 5.75 Å². The van der Waals surface area contributed by atoms with Gasteiger partial charge in [0.15, 0.2) is 0 Å². The minimum absolute atomic E-state index is 0.770. The summed E-state index contributed by atoms with van der Waals surface area (Å²) >= 11 is 0. The Morgan fingerprint density at radius 3 is 2.45 bits per heavy atom. The lowest BCUT2D eigenvalue weighted by Crippen LogP contribution is -1.98. The molecule has 0 heterocycles. The highest BCUT2D eigenvalue weighted by Gasteiger charge is 1.93. The van der Waals surface area contributed by atoms with Crippen molar-refractivity contribution in [2.24, 2.45) is 0 Å². The van der Waals surface area contributed by atoms with E-state index < -0.39 is 0 Å².